The summed E-state index contributed by atoms with van der Waals surface area (Å²) in [5.74, 6) is 2.55. The Morgan fingerprint density at radius 2 is 1.22 bits per heavy atom. The van der Waals surface area contributed by atoms with Crippen LogP contribution in [-0.2, 0) is 33.6 Å². The van der Waals surface area contributed by atoms with Gasteiger partial charge >= 0.3 is 24.2 Å². The van der Waals surface area contributed by atoms with Gasteiger partial charge in [-0.2, -0.15) is 44.4 Å². The van der Waals surface area contributed by atoms with Gasteiger partial charge in [0.15, 0.2) is 0 Å². The van der Waals surface area contributed by atoms with Crippen LogP contribution in [0.4, 0.5) is 0 Å². The molecule has 1 aliphatic heterocycles. The first kappa shape index (κ1) is 41.1. The number of carboxylic acid groups (broad SMARTS) is 2. The van der Waals surface area contributed by atoms with E-state index in [0.717, 1.165) is 24.3 Å². The number of carbonyl (C=O) groups excluding carboxylic acids is 5. The van der Waals surface area contributed by atoms with Crippen LogP contribution in [0.3, 0.4) is 0 Å². The molecule has 2 N–H and O–H groups in total. The van der Waals surface area contributed by atoms with Crippen molar-refractivity contribution >= 4 is 78.8 Å². The summed E-state index contributed by atoms with van der Waals surface area (Å²) < 4.78 is 0.221. The molecule has 1 fully saturated rings. The monoisotopic (exact) mass is 534 g/mol. The predicted octanol–water partition coefficient (Wildman–Crippen LogP) is 3.58. The molecular weight excluding hydrogens is 500 g/mol. The summed E-state index contributed by atoms with van der Waals surface area (Å²) in [7, 11) is 0. The fourth-order valence-corrected chi connectivity index (χ4v) is 4.89. The van der Waals surface area contributed by atoms with E-state index in [0.29, 0.717) is 12.8 Å². The Morgan fingerprint density at radius 1 is 0.844 bits per heavy atom. The van der Waals surface area contributed by atoms with E-state index in [1.165, 1.54) is 11.5 Å². The number of carboxylic acids is 2. The maximum Gasteiger partial charge on any atom is 0.373 e. The Bertz CT molecular complexity index is 525. The number of thioether (sulfide) groups is 2. The summed E-state index contributed by atoms with van der Waals surface area (Å²) in [5, 5.41) is 16.7. The van der Waals surface area contributed by atoms with E-state index in [4.69, 9.17) is 29.4 Å². The Labute approximate surface area is 209 Å². The fourth-order valence-electron chi connectivity index (χ4n) is 1.74. The average molecular weight is 535 g/mol. The average Bonchev–Trinajstić information content (AvgIpc) is 3.22. The minimum absolute atomic E-state index is 0. The lowest BCUT2D eigenvalue weighted by atomic mass is 10.2. The number of thiol groups is 2. The standard InChI is InChI=1S/C8H14O2S2.C6H10O3.C2H6S2.2CO2.CH4/c1-2-8(4-3-7(9)10)11-5-6-12-8;1-2-5(7)3-4-6(8)9;3-1-2-4;2*2-1-3;/h2-6H2,1H3,(H,9,10);2-4H2,1H3,(H,8,9);3-4H,1-2H2;;;1H4. The molecule has 188 valence electrons. The van der Waals surface area contributed by atoms with Crippen LogP contribution in [0.5, 0.6) is 0 Å². The number of carbonyl (C=O) groups is 3. The van der Waals surface area contributed by atoms with Gasteiger partial charge in [-0.25, -0.2) is 0 Å². The van der Waals surface area contributed by atoms with E-state index >= 15 is 0 Å². The van der Waals surface area contributed by atoms with Crippen molar-refractivity contribution in [1.82, 2.24) is 0 Å². The lowest BCUT2D eigenvalue weighted by Gasteiger charge is -2.24. The molecule has 1 heterocycles. The highest BCUT2D eigenvalue weighted by Crippen LogP contribution is 2.49. The van der Waals surface area contributed by atoms with E-state index in [9.17, 15) is 14.4 Å². The number of aliphatic carboxylic acids is 2. The van der Waals surface area contributed by atoms with Gasteiger partial charge in [0.05, 0.1) is 10.5 Å². The third-order valence-corrected chi connectivity index (χ3v) is 7.80. The van der Waals surface area contributed by atoms with Crippen LogP contribution < -0.4 is 0 Å². The fraction of sp³-hybridized carbons (Fsp3) is 0.737. The predicted molar refractivity (Wildman–Crippen MR) is 131 cm³/mol. The first-order valence-electron chi connectivity index (χ1n) is 9.03. The second-order valence-electron chi connectivity index (χ2n) is 5.25. The summed E-state index contributed by atoms with van der Waals surface area (Å²) in [6, 6.07) is 0. The van der Waals surface area contributed by atoms with Crippen molar-refractivity contribution < 1.29 is 43.8 Å². The third-order valence-electron chi connectivity index (χ3n) is 3.18. The van der Waals surface area contributed by atoms with Gasteiger partial charge in [0.2, 0.25) is 0 Å². The SMILES string of the molecule is C.CCC(=O)CCC(=O)O.CCC1(CCC(=O)O)SCCS1.O=C=O.O=C=O.SCCS. The Morgan fingerprint density at radius 3 is 1.47 bits per heavy atom. The van der Waals surface area contributed by atoms with E-state index in [1.54, 1.807) is 6.92 Å². The third kappa shape index (κ3) is 36.2. The molecule has 0 aliphatic carbocycles. The van der Waals surface area contributed by atoms with Crippen LogP contribution in [0.2, 0.25) is 0 Å². The molecular formula is C19H34O9S4. The van der Waals surface area contributed by atoms with Gasteiger partial charge in [-0.1, -0.05) is 21.3 Å². The van der Waals surface area contributed by atoms with Crippen LogP contribution in [0, 0.1) is 0 Å². The minimum atomic E-state index is -0.906. The second kappa shape index (κ2) is 32.0. The Hall–Kier alpha value is -1.23. The number of hydrogen-bond donors (Lipinski definition) is 4. The first-order valence-corrected chi connectivity index (χ1v) is 12.3. The molecule has 0 aromatic heterocycles. The molecule has 13 heteroatoms. The van der Waals surface area contributed by atoms with E-state index in [2.05, 4.69) is 32.2 Å². The zero-order valence-corrected chi connectivity index (χ0v) is 21.0. The number of ketones is 1. The van der Waals surface area contributed by atoms with Crippen molar-refractivity contribution in [1.29, 1.82) is 0 Å². The van der Waals surface area contributed by atoms with Gasteiger partial charge < -0.3 is 10.2 Å². The molecule has 1 rings (SSSR count). The van der Waals surface area contributed by atoms with E-state index < -0.39 is 11.9 Å². The summed E-state index contributed by atoms with van der Waals surface area (Å²) in [6.45, 7) is 3.87. The Balaban J connectivity index is -0.000000107. The normalized spacial score (nSPS) is 11.9. The zero-order valence-electron chi connectivity index (χ0n) is 17.5. The van der Waals surface area contributed by atoms with Crippen molar-refractivity contribution in [3.8, 4) is 0 Å². The number of rotatable bonds is 9. The highest BCUT2D eigenvalue weighted by atomic mass is 32.2. The summed E-state index contributed by atoms with van der Waals surface area (Å²) in [6.07, 6.45) is 3.28. The van der Waals surface area contributed by atoms with Crippen LogP contribution >= 0.6 is 48.8 Å². The molecule has 0 unspecified atom stereocenters. The lowest BCUT2D eigenvalue weighted by Crippen LogP contribution is -2.17. The smallest absolute Gasteiger partial charge is 0.373 e. The van der Waals surface area contributed by atoms with Gasteiger partial charge in [0.1, 0.15) is 5.78 Å². The Kier molecular flexibility index (Phi) is 41.0. The van der Waals surface area contributed by atoms with Crippen molar-refractivity contribution in [3.63, 3.8) is 0 Å². The van der Waals surface area contributed by atoms with Crippen molar-refractivity contribution in [2.24, 2.45) is 0 Å². The molecule has 0 saturated carbocycles. The molecule has 0 bridgehead atoms. The maximum atomic E-state index is 10.5. The second-order valence-corrected chi connectivity index (χ2v) is 9.36. The van der Waals surface area contributed by atoms with Crippen LogP contribution in [0.15, 0.2) is 0 Å². The molecule has 0 aromatic carbocycles. The molecule has 32 heavy (non-hydrogen) atoms. The highest BCUT2D eigenvalue weighted by molar-refractivity contribution is 8.21. The summed E-state index contributed by atoms with van der Waals surface area (Å²) in [4.78, 5) is 63.2. The van der Waals surface area contributed by atoms with E-state index in [1.807, 2.05) is 23.5 Å². The molecule has 0 spiro atoms. The van der Waals surface area contributed by atoms with Crippen molar-refractivity contribution in [2.45, 2.75) is 63.9 Å². The topological polar surface area (TPSA) is 160 Å². The largest absolute Gasteiger partial charge is 0.481 e. The van der Waals surface area contributed by atoms with Crippen molar-refractivity contribution in [3.05, 3.63) is 0 Å². The molecule has 9 nitrogen and oxygen atoms in total. The van der Waals surface area contributed by atoms with Gasteiger partial charge in [-0.05, 0) is 24.3 Å². The van der Waals surface area contributed by atoms with Gasteiger partial charge in [0.25, 0.3) is 0 Å². The summed E-state index contributed by atoms with van der Waals surface area (Å²) in [5.41, 5.74) is 0. The molecule has 0 radical (unpaired) electrons. The van der Waals surface area contributed by atoms with E-state index in [-0.39, 0.29) is 42.4 Å². The summed E-state index contributed by atoms with van der Waals surface area (Å²) >= 11 is 11.6. The lowest BCUT2D eigenvalue weighted by molar-refractivity contribution is -0.193. The molecule has 0 aromatic rings. The van der Waals surface area contributed by atoms with Crippen LogP contribution in [0.25, 0.3) is 0 Å². The first-order chi connectivity index (χ1) is 14.6. The molecule has 1 saturated heterocycles. The molecule has 0 amide bonds. The minimum Gasteiger partial charge on any atom is -0.481 e. The zero-order chi connectivity index (χ0) is 25.1. The van der Waals surface area contributed by atoms with Gasteiger partial charge in [0, 0.05) is 30.8 Å². The van der Waals surface area contributed by atoms with Crippen LogP contribution in [0.1, 0.15) is 59.8 Å². The highest BCUT2D eigenvalue weighted by Gasteiger charge is 2.33. The quantitative estimate of drug-likeness (QED) is 0.320. The maximum absolute atomic E-state index is 10.5. The van der Waals surface area contributed by atoms with Crippen molar-refractivity contribution in [2.75, 3.05) is 23.0 Å². The molecule has 0 atom stereocenters. The number of hydrogen-bond acceptors (Lipinski definition) is 11. The molecule has 1 aliphatic rings. The number of Topliss-reactive ketones (excluding diaryl/α,β-unsaturated/α-hetero) is 1. The van der Waals surface area contributed by atoms with Crippen LogP contribution in [-0.4, -0.2) is 67.3 Å². The van der Waals surface area contributed by atoms with Gasteiger partial charge in [-0.3, -0.25) is 14.4 Å². The van der Waals surface area contributed by atoms with Gasteiger partial charge in [-0.15, -0.1) is 23.5 Å².